The topological polar surface area (TPSA) is 80.6 Å². The Balaban J connectivity index is 2.21. The third kappa shape index (κ3) is 1.91. The minimum atomic E-state index is -1.18. The predicted octanol–water partition coefficient (Wildman–Crippen LogP) is 2.75. The molecule has 0 radical (unpaired) electrons. The van der Waals surface area contributed by atoms with Crippen LogP contribution in [-0.4, -0.2) is 11.1 Å². The van der Waals surface area contributed by atoms with Crippen molar-refractivity contribution in [2.75, 3.05) is 0 Å². The molecule has 0 spiro atoms. The molecule has 0 amide bonds. The van der Waals surface area contributed by atoms with Gasteiger partial charge in [-0.2, -0.15) is 0 Å². The Morgan fingerprint density at radius 1 is 1.05 bits per heavy atom. The first-order valence-corrected chi connectivity index (χ1v) is 5.51. The van der Waals surface area contributed by atoms with E-state index in [2.05, 4.69) is 0 Å². The fourth-order valence-electron chi connectivity index (χ4n) is 1.83. The molecule has 0 fully saturated rings. The molecule has 2 aromatic heterocycles. The van der Waals surface area contributed by atoms with Gasteiger partial charge in [-0.15, -0.1) is 0 Å². The van der Waals surface area contributed by atoms with Crippen LogP contribution in [0, 0.1) is 0 Å². The highest BCUT2D eigenvalue weighted by molar-refractivity contribution is 5.86. The molecule has 0 aliphatic rings. The van der Waals surface area contributed by atoms with Gasteiger partial charge in [0.05, 0.1) is 0 Å². The number of carboxylic acid groups (broad SMARTS) is 1. The first-order chi connectivity index (χ1) is 9.15. The molecule has 1 aromatic carbocycles. The average Bonchev–Trinajstić information content (AvgIpc) is 2.87. The van der Waals surface area contributed by atoms with Gasteiger partial charge in [-0.3, -0.25) is 0 Å². The first kappa shape index (κ1) is 11.3. The molecule has 0 unspecified atom stereocenters. The Morgan fingerprint density at radius 2 is 1.84 bits per heavy atom. The number of hydrogen-bond donors (Lipinski definition) is 1. The number of para-hydroxylation sites is 1. The van der Waals surface area contributed by atoms with Crippen LogP contribution in [0.15, 0.2) is 56.1 Å². The molecule has 0 aliphatic carbocycles. The van der Waals surface area contributed by atoms with Gasteiger partial charge < -0.3 is 13.9 Å². The van der Waals surface area contributed by atoms with Gasteiger partial charge in [0.2, 0.25) is 5.76 Å². The van der Waals surface area contributed by atoms with E-state index in [0.29, 0.717) is 5.58 Å². The summed E-state index contributed by atoms with van der Waals surface area (Å²) in [5.74, 6) is -1.23. The van der Waals surface area contributed by atoms with Crippen LogP contribution in [0.1, 0.15) is 10.6 Å². The molecule has 0 aliphatic heterocycles. The molecule has 1 N–H and O–H groups in total. The van der Waals surface area contributed by atoms with E-state index in [4.69, 9.17) is 13.9 Å². The largest absolute Gasteiger partial charge is 0.475 e. The second kappa shape index (κ2) is 4.13. The summed E-state index contributed by atoms with van der Waals surface area (Å²) in [4.78, 5) is 22.6. The highest BCUT2D eigenvalue weighted by Crippen LogP contribution is 2.22. The molecule has 2 heterocycles. The number of hydrogen-bond acceptors (Lipinski definition) is 4. The van der Waals surface area contributed by atoms with Gasteiger partial charge >= 0.3 is 11.6 Å². The van der Waals surface area contributed by atoms with E-state index < -0.39 is 11.6 Å². The summed E-state index contributed by atoms with van der Waals surface area (Å²) in [6.45, 7) is 0. The summed E-state index contributed by atoms with van der Waals surface area (Å²) >= 11 is 0. The lowest BCUT2D eigenvalue weighted by atomic mass is 10.1. The molecular formula is C14H8O5. The van der Waals surface area contributed by atoms with Crippen molar-refractivity contribution in [2.24, 2.45) is 0 Å². The zero-order chi connectivity index (χ0) is 13.4. The van der Waals surface area contributed by atoms with Crippen LogP contribution < -0.4 is 5.63 Å². The first-order valence-electron chi connectivity index (χ1n) is 5.51. The van der Waals surface area contributed by atoms with Crippen LogP contribution in [0.3, 0.4) is 0 Å². The highest BCUT2D eigenvalue weighted by Gasteiger charge is 2.14. The zero-order valence-electron chi connectivity index (χ0n) is 9.62. The summed E-state index contributed by atoms with van der Waals surface area (Å²) in [5.41, 5.74) is 0.109. The fourth-order valence-corrected chi connectivity index (χ4v) is 1.83. The Labute approximate surface area is 106 Å². The number of rotatable bonds is 2. The quantitative estimate of drug-likeness (QED) is 0.713. The van der Waals surface area contributed by atoms with E-state index in [-0.39, 0.29) is 17.1 Å². The average molecular weight is 256 g/mol. The van der Waals surface area contributed by atoms with Crippen LogP contribution in [0.5, 0.6) is 0 Å². The second-order valence-corrected chi connectivity index (χ2v) is 3.95. The second-order valence-electron chi connectivity index (χ2n) is 3.95. The Kier molecular flexibility index (Phi) is 2.45. The van der Waals surface area contributed by atoms with Crippen molar-refractivity contribution in [1.82, 2.24) is 0 Å². The number of aromatic carboxylic acids is 1. The summed E-state index contributed by atoms with van der Waals surface area (Å²) < 4.78 is 10.3. The molecule has 3 aromatic rings. The maximum Gasteiger partial charge on any atom is 0.371 e. The smallest absolute Gasteiger partial charge is 0.371 e. The molecule has 5 nitrogen and oxygen atoms in total. The van der Waals surface area contributed by atoms with Gasteiger partial charge in [-0.1, -0.05) is 18.2 Å². The van der Waals surface area contributed by atoms with Gasteiger partial charge in [-0.05, 0) is 24.3 Å². The van der Waals surface area contributed by atoms with E-state index in [0.717, 1.165) is 5.39 Å². The number of furan rings is 1. The maximum absolute atomic E-state index is 11.8. The lowest BCUT2D eigenvalue weighted by Gasteiger charge is -1.99. The van der Waals surface area contributed by atoms with Crippen molar-refractivity contribution in [1.29, 1.82) is 0 Å². The molecule has 0 saturated carbocycles. The highest BCUT2D eigenvalue weighted by atomic mass is 16.4. The SMILES string of the molecule is O=C(O)c1ccc(-c2cc3ccccc3oc2=O)o1. The lowest BCUT2D eigenvalue weighted by Crippen LogP contribution is -2.01. The standard InChI is InChI=1S/C14H8O5/c15-13(16)12-6-5-11(18-12)9-7-8-3-1-2-4-10(8)19-14(9)17/h1-7H,(H,15,16). The number of carboxylic acids is 1. The molecule has 0 saturated heterocycles. The normalized spacial score (nSPS) is 10.7. The van der Waals surface area contributed by atoms with E-state index >= 15 is 0 Å². The number of benzene rings is 1. The van der Waals surface area contributed by atoms with E-state index in [1.807, 2.05) is 6.07 Å². The van der Waals surface area contributed by atoms with Crippen LogP contribution in [0.2, 0.25) is 0 Å². The Bertz CT molecular complexity index is 825. The summed E-state index contributed by atoms with van der Waals surface area (Å²) in [6.07, 6.45) is 0. The molecule has 94 valence electrons. The van der Waals surface area contributed by atoms with Gasteiger partial charge in [0.15, 0.2) is 0 Å². The van der Waals surface area contributed by atoms with Gasteiger partial charge in [0.25, 0.3) is 0 Å². The van der Waals surface area contributed by atoms with Gasteiger partial charge in [-0.25, -0.2) is 9.59 Å². The number of carbonyl (C=O) groups is 1. The molecule has 0 bridgehead atoms. The van der Waals surface area contributed by atoms with Crippen molar-refractivity contribution in [2.45, 2.75) is 0 Å². The van der Waals surface area contributed by atoms with Crippen LogP contribution >= 0.6 is 0 Å². The van der Waals surface area contributed by atoms with Crippen molar-refractivity contribution >= 4 is 16.9 Å². The monoisotopic (exact) mass is 256 g/mol. The summed E-state index contributed by atoms with van der Waals surface area (Å²) in [5, 5.41) is 9.53. The molecule has 3 rings (SSSR count). The molecule has 0 atom stereocenters. The van der Waals surface area contributed by atoms with Crippen molar-refractivity contribution in [3.05, 3.63) is 58.6 Å². The van der Waals surface area contributed by atoms with Gasteiger partial charge in [0.1, 0.15) is 16.9 Å². The Hall–Kier alpha value is -2.82. The summed E-state index contributed by atoms with van der Waals surface area (Å²) in [6, 6.07) is 11.4. The minimum absolute atomic E-state index is 0.178. The zero-order valence-corrected chi connectivity index (χ0v) is 9.62. The van der Waals surface area contributed by atoms with Crippen LogP contribution in [-0.2, 0) is 0 Å². The maximum atomic E-state index is 11.8. The predicted molar refractivity (Wildman–Crippen MR) is 67.1 cm³/mol. The third-order valence-corrected chi connectivity index (χ3v) is 2.72. The van der Waals surface area contributed by atoms with Crippen molar-refractivity contribution in [3.8, 4) is 11.3 Å². The van der Waals surface area contributed by atoms with Gasteiger partial charge in [0, 0.05) is 5.39 Å². The van der Waals surface area contributed by atoms with Crippen molar-refractivity contribution in [3.63, 3.8) is 0 Å². The lowest BCUT2D eigenvalue weighted by molar-refractivity contribution is 0.0663. The molecular weight excluding hydrogens is 248 g/mol. The van der Waals surface area contributed by atoms with E-state index in [1.165, 1.54) is 12.1 Å². The van der Waals surface area contributed by atoms with E-state index in [1.54, 1.807) is 24.3 Å². The van der Waals surface area contributed by atoms with E-state index in [9.17, 15) is 9.59 Å². The van der Waals surface area contributed by atoms with Crippen LogP contribution in [0.25, 0.3) is 22.3 Å². The fraction of sp³-hybridized carbons (Fsp3) is 0. The Morgan fingerprint density at radius 3 is 2.58 bits per heavy atom. The molecule has 19 heavy (non-hydrogen) atoms. The molecule has 5 heteroatoms. The van der Waals surface area contributed by atoms with Crippen molar-refractivity contribution < 1.29 is 18.7 Å². The van der Waals surface area contributed by atoms with Crippen LogP contribution in [0.4, 0.5) is 0 Å². The number of fused-ring (bicyclic) bond motifs is 1. The third-order valence-electron chi connectivity index (χ3n) is 2.72. The minimum Gasteiger partial charge on any atom is -0.475 e. The summed E-state index contributed by atoms with van der Waals surface area (Å²) in [7, 11) is 0.